The molecule has 1 atom stereocenters. The summed E-state index contributed by atoms with van der Waals surface area (Å²) in [5.41, 5.74) is 1.56. The van der Waals surface area contributed by atoms with Gasteiger partial charge in [0.05, 0.1) is 11.4 Å². The van der Waals surface area contributed by atoms with Crippen LogP contribution in [0.2, 0.25) is 0 Å². The molecule has 0 fully saturated rings. The molecule has 0 bridgehead atoms. The summed E-state index contributed by atoms with van der Waals surface area (Å²) in [6.07, 6.45) is 0. The minimum atomic E-state index is -0.134. The molecule has 19 heavy (non-hydrogen) atoms. The molecule has 0 aliphatic carbocycles. The molecule has 4 nitrogen and oxygen atoms in total. The van der Waals surface area contributed by atoms with E-state index in [9.17, 15) is 4.79 Å². The van der Waals surface area contributed by atoms with Gasteiger partial charge in [0.1, 0.15) is 5.52 Å². The average molecular weight is 251 g/mol. The third-order valence-corrected chi connectivity index (χ3v) is 3.24. The maximum Gasteiger partial charge on any atom is 0.278 e. The molecular weight excluding hydrogens is 238 g/mol. The number of hydrogen-bond acceptors (Lipinski definition) is 3. The Morgan fingerprint density at radius 3 is 2.47 bits per heavy atom. The van der Waals surface area contributed by atoms with Crippen LogP contribution in [0.15, 0.2) is 59.4 Å². The van der Waals surface area contributed by atoms with Gasteiger partial charge in [-0.25, -0.2) is 4.68 Å². The Morgan fingerprint density at radius 2 is 1.68 bits per heavy atom. The zero-order valence-corrected chi connectivity index (χ0v) is 10.5. The van der Waals surface area contributed by atoms with Crippen molar-refractivity contribution in [2.45, 2.75) is 13.0 Å². The summed E-state index contributed by atoms with van der Waals surface area (Å²) in [7, 11) is 0. The Labute approximate surface area is 110 Å². The first-order chi connectivity index (χ1) is 9.27. The summed E-state index contributed by atoms with van der Waals surface area (Å²) in [5.74, 6) is 0. The molecule has 2 aromatic carbocycles. The Bertz CT molecular complexity index is 765. The lowest BCUT2D eigenvalue weighted by atomic mass is 10.1. The van der Waals surface area contributed by atoms with Gasteiger partial charge in [0.2, 0.25) is 0 Å². The second-order valence-corrected chi connectivity index (χ2v) is 4.44. The van der Waals surface area contributed by atoms with Crippen molar-refractivity contribution in [1.82, 2.24) is 15.0 Å². The fourth-order valence-corrected chi connectivity index (χ4v) is 2.13. The SMILES string of the molecule is C[C@@H](c1ccccc1)n1nnc2ccccc2c1=O. The molecule has 0 saturated carbocycles. The maximum absolute atomic E-state index is 12.4. The second kappa shape index (κ2) is 4.65. The van der Waals surface area contributed by atoms with E-state index < -0.39 is 0 Å². The predicted octanol–water partition coefficient (Wildman–Crippen LogP) is 2.40. The van der Waals surface area contributed by atoms with Gasteiger partial charge in [0.25, 0.3) is 5.56 Å². The Morgan fingerprint density at radius 1 is 1.00 bits per heavy atom. The van der Waals surface area contributed by atoms with Gasteiger partial charge in [-0.2, -0.15) is 0 Å². The van der Waals surface area contributed by atoms with Crippen LogP contribution in [0.4, 0.5) is 0 Å². The third kappa shape index (κ3) is 2.01. The first-order valence-corrected chi connectivity index (χ1v) is 6.16. The normalized spacial score (nSPS) is 12.5. The maximum atomic E-state index is 12.4. The number of hydrogen-bond donors (Lipinski definition) is 0. The van der Waals surface area contributed by atoms with Crippen molar-refractivity contribution in [3.8, 4) is 0 Å². The molecule has 0 aliphatic rings. The molecule has 3 rings (SSSR count). The molecule has 0 spiro atoms. The lowest BCUT2D eigenvalue weighted by Gasteiger charge is -2.13. The highest BCUT2D eigenvalue weighted by molar-refractivity contribution is 5.76. The van der Waals surface area contributed by atoms with Crippen LogP contribution >= 0.6 is 0 Å². The molecule has 0 aliphatic heterocycles. The molecule has 0 N–H and O–H groups in total. The fourth-order valence-electron chi connectivity index (χ4n) is 2.13. The summed E-state index contributed by atoms with van der Waals surface area (Å²) in [4.78, 5) is 12.4. The Kier molecular flexibility index (Phi) is 2.83. The molecule has 0 unspecified atom stereocenters. The largest absolute Gasteiger partial charge is 0.278 e. The van der Waals surface area contributed by atoms with Gasteiger partial charge >= 0.3 is 0 Å². The predicted molar refractivity (Wildman–Crippen MR) is 74.1 cm³/mol. The molecule has 1 aromatic heterocycles. The number of fused-ring (bicyclic) bond motifs is 1. The van der Waals surface area contributed by atoms with Crippen molar-refractivity contribution in [2.24, 2.45) is 0 Å². The zero-order valence-electron chi connectivity index (χ0n) is 10.5. The summed E-state index contributed by atoms with van der Waals surface area (Å²) in [6, 6.07) is 16.9. The van der Waals surface area contributed by atoms with E-state index in [1.54, 1.807) is 12.1 Å². The van der Waals surface area contributed by atoms with Crippen LogP contribution in [-0.4, -0.2) is 15.0 Å². The highest BCUT2D eigenvalue weighted by atomic mass is 16.1. The minimum absolute atomic E-state index is 0.109. The van der Waals surface area contributed by atoms with Gasteiger partial charge in [0.15, 0.2) is 0 Å². The summed E-state index contributed by atoms with van der Waals surface area (Å²) < 4.78 is 1.43. The van der Waals surface area contributed by atoms with Crippen LogP contribution in [0.25, 0.3) is 10.9 Å². The standard InChI is InChI=1S/C15H13N3O/c1-11(12-7-3-2-4-8-12)18-15(19)13-9-5-6-10-14(13)16-17-18/h2-11H,1H3/t11-/m0/s1. The monoisotopic (exact) mass is 251 g/mol. The third-order valence-electron chi connectivity index (χ3n) is 3.24. The minimum Gasteiger partial charge on any atom is -0.267 e. The summed E-state index contributed by atoms with van der Waals surface area (Å²) >= 11 is 0. The van der Waals surface area contributed by atoms with Gasteiger partial charge in [0, 0.05) is 0 Å². The summed E-state index contributed by atoms with van der Waals surface area (Å²) in [5, 5.41) is 8.74. The average Bonchev–Trinajstić information content (AvgIpc) is 2.48. The van der Waals surface area contributed by atoms with Crippen molar-refractivity contribution in [3.63, 3.8) is 0 Å². The number of rotatable bonds is 2. The second-order valence-electron chi connectivity index (χ2n) is 4.44. The van der Waals surface area contributed by atoms with Crippen LogP contribution in [0, 0.1) is 0 Å². The molecule has 0 radical (unpaired) electrons. The van der Waals surface area contributed by atoms with Crippen molar-refractivity contribution in [2.75, 3.05) is 0 Å². The molecular formula is C15H13N3O. The van der Waals surface area contributed by atoms with Gasteiger partial charge < -0.3 is 0 Å². The van der Waals surface area contributed by atoms with Gasteiger partial charge in [-0.3, -0.25) is 4.79 Å². The topological polar surface area (TPSA) is 47.8 Å². The van der Waals surface area contributed by atoms with E-state index in [-0.39, 0.29) is 11.6 Å². The van der Waals surface area contributed by atoms with E-state index in [0.717, 1.165) is 5.56 Å². The highest BCUT2D eigenvalue weighted by Crippen LogP contribution is 2.15. The van der Waals surface area contributed by atoms with Crippen LogP contribution in [0.1, 0.15) is 18.5 Å². The van der Waals surface area contributed by atoms with E-state index in [4.69, 9.17) is 0 Å². The smallest absolute Gasteiger partial charge is 0.267 e. The van der Waals surface area contributed by atoms with E-state index in [1.165, 1.54) is 4.68 Å². The Balaban J connectivity index is 2.16. The van der Waals surface area contributed by atoms with Crippen molar-refractivity contribution < 1.29 is 0 Å². The van der Waals surface area contributed by atoms with E-state index in [2.05, 4.69) is 10.3 Å². The van der Waals surface area contributed by atoms with Gasteiger partial charge in [-0.05, 0) is 24.6 Å². The van der Waals surface area contributed by atoms with Crippen molar-refractivity contribution in [1.29, 1.82) is 0 Å². The quantitative estimate of drug-likeness (QED) is 0.702. The molecule has 3 aromatic rings. The van der Waals surface area contributed by atoms with Gasteiger partial charge in [-0.15, -0.1) is 5.10 Å². The van der Waals surface area contributed by atoms with Crippen molar-refractivity contribution >= 4 is 10.9 Å². The molecule has 4 heteroatoms. The van der Waals surface area contributed by atoms with E-state index >= 15 is 0 Å². The van der Waals surface area contributed by atoms with E-state index in [1.807, 2.05) is 49.4 Å². The highest BCUT2D eigenvalue weighted by Gasteiger charge is 2.12. The molecule has 0 saturated heterocycles. The fraction of sp³-hybridized carbons (Fsp3) is 0.133. The molecule has 94 valence electrons. The van der Waals surface area contributed by atoms with Crippen LogP contribution in [0.5, 0.6) is 0 Å². The lowest BCUT2D eigenvalue weighted by Crippen LogP contribution is -2.27. The lowest BCUT2D eigenvalue weighted by molar-refractivity contribution is 0.508. The van der Waals surface area contributed by atoms with Crippen LogP contribution < -0.4 is 5.56 Å². The number of benzene rings is 2. The molecule has 1 heterocycles. The number of aromatic nitrogens is 3. The van der Waals surface area contributed by atoms with Gasteiger partial charge in [-0.1, -0.05) is 47.7 Å². The molecule has 0 amide bonds. The van der Waals surface area contributed by atoms with Crippen LogP contribution in [0.3, 0.4) is 0 Å². The first kappa shape index (κ1) is 11.6. The van der Waals surface area contributed by atoms with Crippen molar-refractivity contribution in [3.05, 3.63) is 70.5 Å². The Hall–Kier alpha value is -2.49. The van der Waals surface area contributed by atoms with Crippen LogP contribution in [-0.2, 0) is 0 Å². The zero-order chi connectivity index (χ0) is 13.2. The van der Waals surface area contributed by atoms with E-state index in [0.29, 0.717) is 10.9 Å². The first-order valence-electron chi connectivity index (χ1n) is 6.16. The number of nitrogens with zero attached hydrogens (tertiary/aromatic N) is 3. The summed E-state index contributed by atoms with van der Waals surface area (Å²) in [6.45, 7) is 1.94.